The van der Waals surface area contributed by atoms with E-state index in [4.69, 9.17) is 13.8 Å². The summed E-state index contributed by atoms with van der Waals surface area (Å²) in [4.78, 5) is 3.24. The number of hydrogen-bond acceptors (Lipinski definition) is 5. The van der Waals surface area contributed by atoms with Crippen LogP contribution < -0.4 is 10.1 Å². The molecule has 3 aromatic rings. The van der Waals surface area contributed by atoms with Crippen molar-refractivity contribution in [3.05, 3.63) is 60.3 Å². The van der Waals surface area contributed by atoms with Crippen LogP contribution in [0.2, 0.25) is 0 Å². The summed E-state index contributed by atoms with van der Waals surface area (Å²) in [5.41, 5.74) is 2.66. The van der Waals surface area contributed by atoms with E-state index in [-0.39, 0.29) is 0 Å². The maximum Gasteiger partial charge on any atom is 0.357 e. The van der Waals surface area contributed by atoms with Crippen LogP contribution in [0.3, 0.4) is 0 Å². The molecule has 4 rings (SSSR count). The molecule has 1 saturated heterocycles. The van der Waals surface area contributed by atoms with E-state index in [9.17, 15) is 4.57 Å². The van der Waals surface area contributed by atoms with Crippen LogP contribution in [0.5, 0.6) is 5.75 Å². The van der Waals surface area contributed by atoms with Gasteiger partial charge in [-0.3, -0.25) is 4.57 Å². The highest BCUT2D eigenvalue weighted by Gasteiger charge is 2.40. The average molecular weight is 372 g/mol. The minimum Gasteiger partial charge on any atom is -0.497 e. The molecule has 1 aliphatic rings. The van der Waals surface area contributed by atoms with E-state index in [1.54, 1.807) is 7.11 Å². The van der Waals surface area contributed by atoms with Crippen molar-refractivity contribution in [2.75, 3.05) is 25.6 Å². The molecule has 1 aromatic heterocycles. The summed E-state index contributed by atoms with van der Waals surface area (Å²) in [6.45, 7) is 0.862. The summed E-state index contributed by atoms with van der Waals surface area (Å²) in [6, 6.07) is 15.4. The number of benzene rings is 2. The molecule has 136 valence electrons. The predicted octanol–water partition coefficient (Wildman–Crippen LogP) is 4.92. The Morgan fingerprint density at radius 1 is 1.12 bits per heavy atom. The van der Waals surface area contributed by atoms with E-state index >= 15 is 0 Å². The lowest BCUT2D eigenvalue weighted by Crippen LogP contribution is -2.19. The van der Waals surface area contributed by atoms with Gasteiger partial charge in [0.05, 0.1) is 20.3 Å². The second-order valence-corrected chi connectivity index (χ2v) is 8.24. The molecule has 0 saturated carbocycles. The van der Waals surface area contributed by atoms with Crippen molar-refractivity contribution < 1.29 is 18.3 Å². The van der Waals surface area contributed by atoms with Crippen molar-refractivity contribution in [1.82, 2.24) is 4.98 Å². The summed E-state index contributed by atoms with van der Waals surface area (Å²) < 4.78 is 30.0. The number of aromatic nitrogens is 1. The molecule has 2 aromatic carbocycles. The maximum absolute atomic E-state index is 13.5. The third kappa shape index (κ3) is 3.23. The lowest BCUT2D eigenvalue weighted by atomic mass is 10.1. The molecule has 0 amide bonds. The first-order valence-electron chi connectivity index (χ1n) is 8.55. The number of para-hydroxylation sites is 1. The molecule has 0 radical (unpaired) electrons. The Hall–Kier alpha value is -2.27. The molecule has 0 unspecified atom stereocenters. The Kier molecular flexibility index (Phi) is 4.72. The molecule has 7 heteroatoms. The van der Waals surface area contributed by atoms with Crippen LogP contribution in [-0.2, 0) is 13.6 Å². The fourth-order valence-electron chi connectivity index (χ4n) is 3.12. The molecule has 0 aliphatic carbocycles. The molecule has 1 fully saturated rings. The largest absolute Gasteiger partial charge is 0.497 e. The predicted molar refractivity (Wildman–Crippen MR) is 102 cm³/mol. The van der Waals surface area contributed by atoms with Gasteiger partial charge in [0.2, 0.25) is 0 Å². The van der Waals surface area contributed by atoms with Crippen LogP contribution in [-0.4, -0.2) is 25.3 Å². The number of anilines is 1. The number of H-pyrrole nitrogens is 1. The van der Waals surface area contributed by atoms with Crippen LogP contribution in [0.4, 0.5) is 5.69 Å². The number of rotatable bonds is 5. The summed E-state index contributed by atoms with van der Waals surface area (Å²) in [5.74, 6) is 0.156. The van der Waals surface area contributed by atoms with Crippen LogP contribution in [0.25, 0.3) is 10.9 Å². The topological polar surface area (TPSA) is 72.6 Å². The van der Waals surface area contributed by atoms with Crippen LogP contribution in [0.1, 0.15) is 17.8 Å². The number of hydrogen-bond donors (Lipinski definition) is 2. The normalized spacial score (nSPS) is 17.7. The van der Waals surface area contributed by atoms with Gasteiger partial charge in [0, 0.05) is 28.4 Å². The van der Waals surface area contributed by atoms with E-state index in [0.29, 0.717) is 13.2 Å². The van der Waals surface area contributed by atoms with Crippen molar-refractivity contribution in [3.63, 3.8) is 0 Å². The van der Waals surface area contributed by atoms with Gasteiger partial charge in [-0.15, -0.1) is 0 Å². The lowest BCUT2D eigenvalue weighted by molar-refractivity contribution is 0.142. The number of ether oxygens (including phenoxy) is 1. The molecule has 0 spiro atoms. The molecule has 2 N–H and O–H groups in total. The van der Waals surface area contributed by atoms with Crippen molar-refractivity contribution in [2.45, 2.75) is 12.2 Å². The smallest absolute Gasteiger partial charge is 0.357 e. The van der Waals surface area contributed by atoms with Gasteiger partial charge in [-0.1, -0.05) is 18.2 Å². The summed E-state index contributed by atoms with van der Waals surface area (Å²) in [6.07, 6.45) is 2.61. The molecule has 1 atom stereocenters. The fourth-order valence-corrected chi connectivity index (χ4v) is 5.12. The van der Waals surface area contributed by atoms with Crippen molar-refractivity contribution in [3.8, 4) is 5.75 Å². The summed E-state index contributed by atoms with van der Waals surface area (Å²) in [7, 11) is -1.74. The van der Waals surface area contributed by atoms with Gasteiger partial charge in [-0.05, 0) is 36.8 Å². The highest BCUT2D eigenvalue weighted by Crippen LogP contribution is 2.63. The van der Waals surface area contributed by atoms with Crippen LogP contribution in [0, 0.1) is 0 Å². The van der Waals surface area contributed by atoms with Gasteiger partial charge in [0.1, 0.15) is 5.75 Å². The van der Waals surface area contributed by atoms with Crippen LogP contribution >= 0.6 is 7.60 Å². The van der Waals surface area contributed by atoms with E-state index in [1.807, 2.05) is 54.7 Å². The Morgan fingerprint density at radius 3 is 2.58 bits per heavy atom. The van der Waals surface area contributed by atoms with E-state index < -0.39 is 13.4 Å². The lowest BCUT2D eigenvalue weighted by Gasteiger charge is -2.31. The van der Waals surface area contributed by atoms with Gasteiger partial charge < -0.3 is 24.1 Å². The van der Waals surface area contributed by atoms with E-state index in [0.717, 1.165) is 34.3 Å². The van der Waals surface area contributed by atoms with Crippen LogP contribution in [0.15, 0.2) is 54.7 Å². The molecule has 2 heterocycles. The summed E-state index contributed by atoms with van der Waals surface area (Å²) >= 11 is 0. The molecular formula is C19H21N2O4P. The first-order valence-corrected chi connectivity index (χ1v) is 10.2. The molecule has 0 bridgehead atoms. The molecule has 1 aliphatic heterocycles. The maximum atomic E-state index is 13.5. The Morgan fingerprint density at radius 2 is 1.85 bits per heavy atom. The van der Waals surface area contributed by atoms with Crippen molar-refractivity contribution in [1.29, 1.82) is 0 Å². The highest BCUT2D eigenvalue weighted by atomic mass is 31.2. The second kappa shape index (κ2) is 7.16. The average Bonchev–Trinajstić information content (AvgIpc) is 3.11. The standard InChI is InChI=1S/C19H21N2O4P/c1-23-15-9-7-14(8-10-15)21-19(26(22)24-11-4-12-25-26)17-13-20-18-6-3-2-5-16(17)18/h2-3,5-10,13,19-21H,4,11-12H2,1H3/t19-/m0/s1. The summed E-state index contributed by atoms with van der Waals surface area (Å²) in [5, 5.41) is 4.34. The SMILES string of the molecule is COc1ccc(N[C@H](c2c[nH]c3ccccc23)P2(=O)OCCCO2)cc1. The number of fused-ring (bicyclic) bond motifs is 1. The van der Waals surface area contributed by atoms with Gasteiger partial charge in [-0.2, -0.15) is 0 Å². The van der Waals surface area contributed by atoms with E-state index in [2.05, 4.69) is 10.3 Å². The zero-order valence-corrected chi connectivity index (χ0v) is 15.4. The fraction of sp³-hybridized carbons (Fsp3) is 0.263. The number of methoxy groups -OCH3 is 1. The molecule has 26 heavy (non-hydrogen) atoms. The highest BCUT2D eigenvalue weighted by molar-refractivity contribution is 7.54. The van der Waals surface area contributed by atoms with Gasteiger partial charge in [0.15, 0.2) is 5.78 Å². The molecular weight excluding hydrogens is 351 g/mol. The number of aromatic amines is 1. The minimum absolute atomic E-state index is 0.431. The molecule has 6 nitrogen and oxygen atoms in total. The monoisotopic (exact) mass is 372 g/mol. The van der Waals surface area contributed by atoms with Crippen molar-refractivity contribution >= 4 is 24.2 Å². The van der Waals surface area contributed by atoms with Crippen molar-refractivity contribution in [2.24, 2.45) is 0 Å². The Balaban J connectivity index is 1.75. The first-order chi connectivity index (χ1) is 12.7. The van der Waals surface area contributed by atoms with Gasteiger partial charge in [-0.25, -0.2) is 0 Å². The quantitative estimate of drug-likeness (QED) is 0.622. The Labute approximate surface area is 152 Å². The second-order valence-electron chi connectivity index (χ2n) is 6.12. The Bertz CT molecular complexity index is 928. The zero-order valence-electron chi connectivity index (χ0n) is 14.5. The minimum atomic E-state index is -3.36. The first kappa shape index (κ1) is 17.2. The third-order valence-electron chi connectivity index (χ3n) is 4.46. The third-order valence-corrected chi connectivity index (χ3v) is 6.58. The van der Waals surface area contributed by atoms with Gasteiger partial charge in [0.25, 0.3) is 0 Å². The zero-order chi connectivity index (χ0) is 18.0. The van der Waals surface area contributed by atoms with Gasteiger partial charge >= 0.3 is 7.60 Å². The van der Waals surface area contributed by atoms with E-state index in [1.165, 1.54) is 0 Å². The number of nitrogens with one attached hydrogen (secondary N) is 2.